The Kier molecular flexibility index (Phi) is 7.19. The predicted molar refractivity (Wildman–Crippen MR) is 239 cm³/mol. The Hall–Kier alpha value is -8.27. The maximum Gasteiger partial charge on any atom is 0.164 e. The Balaban J connectivity index is 1.18. The van der Waals surface area contributed by atoms with Gasteiger partial charge in [0, 0.05) is 43.7 Å². The molecule has 0 unspecified atom stereocenters. The lowest BCUT2D eigenvalue weighted by Gasteiger charge is -2.14. The zero-order valence-corrected chi connectivity index (χ0v) is 31.5. The molecule has 0 spiro atoms. The van der Waals surface area contributed by atoms with Crippen LogP contribution in [0.25, 0.3) is 111 Å². The minimum atomic E-state index is 0.424. The highest BCUT2D eigenvalue weighted by Gasteiger charge is 2.25. The number of rotatable bonds is 5. The van der Waals surface area contributed by atoms with Gasteiger partial charge in [-0.1, -0.05) is 133 Å². The highest BCUT2D eigenvalue weighted by atomic mass is 16.3. The molecular weight excluding hydrogens is 723 g/mol. The van der Waals surface area contributed by atoms with E-state index in [1.165, 1.54) is 21.5 Å². The van der Waals surface area contributed by atoms with Crippen LogP contribution in [0.15, 0.2) is 192 Å². The van der Waals surface area contributed by atoms with Crippen molar-refractivity contribution in [3.8, 4) is 51.3 Å². The fraction of sp³-hybridized carbons (Fsp3) is 0. The van der Waals surface area contributed by atoms with Crippen molar-refractivity contribution < 1.29 is 4.42 Å². The van der Waals surface area contributed by atoms with E-state index >= 15 is 0 Å². The third-order valence-corrected chi connectivity index (χ3v) is 11.6. The number of aromatic nitrogens is 4. The SMILES string of the molecule is N#Cc1c(-c2ccccc2)nc(-c2ccc(-n3c4ccccc4c4cc5c6ccccc6n(-c6ccccc6)c5cc43)c3c2oc2ccccc23)nc1-c1ccccc1. The fourth-order valence-electron chi connectivity index (χ4n) is 9.02. The van der Waals surface area contributed by atoms with Crippen molar-refractivity contribution in [3.05, 3.63) is 194 Å². The summed E-state index contributed by atoms with van der Waals surface area (Å²) in [6.07, 6.45) is 0. The second kappa shape index (κ2) is 12.9. The molecule has 12 aromatic rings. The van der Waals surface area contributed by atoms with Gasteiger partial charge in [-0.25, -0.2) is 9.97 Å². The number of nitrogens with zero attached hydrogens (tertiary/aromatic N) is 5. The molecule has 6 nitrogen and oxygen atoms in total. The van der Waals surface area contributed by atoms with Crippen LogP contribution in [0.3, 0.4) is 0 Å². The van der Waals surface area contributed by atoms with Crippen LogP contribution in [0.5, 0.6) is 0 Å². The molecule has 0 N–H and O–H groups in total. The Morgan fingerprint density at radius 3 is 1.61 bits per heavy atom. The summed E-state index contributed by atoms with van der Waals surface area (Å²) in [6, 6.07) is 67.2. The molecule has 0 amide bonds. The summed E-state index contributed by atoms with van der Waals surface area (Å²) in [5.41, 5.74) is 12.0. The minimum Gasteiger partial charge on any atom is -0.455 e. The van der Waals surface area contributed by atoms with Crippen LogP contribution < -0.4 is 0 Å². The Labute approximate surface area is 338 Å². The van der Waals surface area contributed by atoms with Crippen molar-refractivity contribution in [2.75, 3.05) is 0 Å². The van der Waals surface area contributed by atoms with Crippen LogP contribution in [0.2, 0.25) is 0 Å². The number of furan rings is 1. The van der Waals surface area contributed by atoms with E-state index in [2.05, 4.69) is 130 Å². The first-order valence-electron chi connectivity index (χ1n) is 19.6. The van der Waals surface area contributed by atoms with Crippen LogP contribution in [0, 0.1) is 11.3 Å². The van der Waals surface area contributed by atoms with Crippen LogP contribution in [0.1, 0.15) is 5.56 Å². The molecule has 0 aliphatic rings. The van der Waals surface area contributed by atoms with Crippen LogP contribution in [-0.4, -0.2) is 19.1 Å². The Morgan fingerprint density at radius 2 is 0.983 bits per heavy atom. The van der Waals surface area contributed by atoms with E-state index in [9.17, 15) is 5.26 Å². The van der Waals surface area contributed by atoms with E-state index in [1.807, 2.05) is 72.8 Å². The summed E-state index contributed by atoms with van der Waals surface area (Å²) < 4.78 is 11.6. The topological polar surface area (TPSA) is 72.6 Å². The Bertz CT molecular complexity index is 3610. The summed E-state index contributed by atoms with van der Waals surface area (Å²) in [6.45, 7) is 0. The average molecular weight is 754 g/mol. The van der Waals surface area contributed by atoms with E-state index in [1.54, 1.807) is 0 Å². The van der Waals surface area contributed by atoms with Gasteiger partial charge in [0.1, 0.15) is 22.8 Å². The van der Waals surface area contributed by atoms with E-state index in [-0.39, 0.29) is 0 Å². The lowest BCUT2D eigenvalue weighted by molar-refractivity contribution is 0.669. The molecule has 0 radical (unpaired) electrons. The van der Waals surface area contributed by atoms with Crippen molar-refractivity contribution in [1.29, 1.82) is 5.26 Å². The van der Waals surface area contributed by atoms with Crippen molar-refractivity contribution >= 4 is 65.6 Å². The average Bonchev–Trinajstić information content (AvgIpc) is 3.96. The first-order chi connectivity index (χ1) is 29.2. The second-order valence-corrected chi connectivity index (χ2v) is 14.8. The van der Waals surface area contributed by atoms with E-state index < -0.39 is 0 Å². The molecule has 0 bridgehead atoms. The summed E-state index contributed by atoms with van der Waals surface area (Å²) in [5.74, 6) is 0.480. The van der Waals surface area contributed by atoms with Gasteiger partial charge >= 0.3 is 0 Å². The number of fused-ring (bicyclic) bond motifs is 9. The quantitative estimate of drug-likeness (QED) is 0.175. The second-order valence-electron chi connectivity index (χ2n) is 14.8. The molecule has 0 aliphatic heterocycles. The van der Waals surface area contributed by atoms with Gasteiger partial charge in [-0.05, 0) is 54.6 Å². The van der Waals surface area contributed by atoms with Gasteiger partial charge in [0.25, 0.3) is 0 Å². The number of nitriles is 1. The van der Waals surface area contributed by atoms with Crippen molar-refractivity contribution in [3.63, 3.8) is 0 Å². The number of benzene rings is 8. The summed E-state index contributed by atoms with van der Waals surface area (Å²) in [4.78, 5) is 10.3. The predicted octanol–water partition coefficient (Wildman–Crippen LogP) is 13.4. The molecule has 6 heteroatoms. The van der Waals surface area contributed by atoms with Crippen LogP contribution in [-0.2, 0) is 0 Å². The molecular formula is C53H31N5O. The fourth-order valence-corrected chi connectivity index (χ4v) is 9.02. The molecule has 4 heterocycles. The molecule has 12 rings (SSSR count). The van der Waals surface area contributed by atoms with Gasteiger partial charge in [-0.15, -0.1) is 0 Å². The molecule has 4 aromatic heterocycles. The minimum absolute atomic E-state index is 0.424. The van der Waals surface area contributed by atoms with Gasteiger partial charge in [0.2, 0.25) is 0 Å². The van der Waals surface area contributed by atoms with Gasteiger partial charge in [-0.2, -0.15) is 5.26 Å². The van der Waals surface area contributed by atoms with Crippen LogP contribution in [0.4, 0.5) is 0 Å². The highest BCUT2D eigenvalue weighted by Crippen LogP contribution is 2.44. The lowest BCUT2D eigenvalue weighted by atomic mass is 9.99. The monoisotopic (exact) mass is 753 g/mol. The first-order valence-corrected chi connectivity index (χ1v) is 19.6. The summed E-state index contributed by atoms with van der Waals surface area (Å²) >= 11 is 0. The molecule has 0 saturated carbocycles. The zero-order valence-electron chi connectivity index (χ0n) is 31.5. The lowest BCUT2D eigenvalue weighted by Crippen LogP contribution is -2.02. The molecule has 0 atom stereocenters. The van der Waals surface area contributed by atoms with Crippen molar-refractivity contribution in [2.45, 2.75) is 0 Å². The smallest absolute Gasteiger partial charge is 0.164 e. The summed E-state index contributed by atoms with van der Waals surface area (Å²) in [5, 5.41) is 17.3. The van der Waals surface area contributed by atoms with Gasteiger partial charge in [-0.3, -0.25) is 0 Å². The number of hydrogen-bond acceptors (Lipinski definition) is 4. The van der Waals surface area contributed by atoms with E-state index in [4.69, 9.17) is 14.4 Å². The normalized spacial score (nSPS) is 11.7. The highest BCUT2D eigenvalue weighted by molar-refractivity contribution is 6.21. The largest absolute Gasteiger partial charge is 0.455 e. The zero-order chi connectivity index (χ0) is 39.0. The van der Waals surface area contributed by atoms with Gasteiger partial charge in [0.15, 0.2) is 5.82 Å². The van der Waals surface area contributed by atoms with Gasteiger partial charge < -0.3 is 13.6 Å². The van der Waals surface area contributed by atoms with Crippen LogP contribution >= 0.6 is 0 Å². The molecule has 8 aromatic carbocycles. The van der Waals surface area contributed by atoms with Crippen molar-refractivity contribution in [2.24, 2.45) is 0 Å². The van der Waals surface area contributed by atoms with E-state index in [0.717, 1.165) is 66.5 Å². The molecule has 0 fully saturated rings. The molecule has 0 saturated heterocycles. The maximum atomic E-state index is 10.6. The molecule has 59 heavy (non-hydrogen) atoms. The molecule has 0 aliphatic carbocycles. The van der Waals surface area contributed by atoms with Gasteiger partial charge in [0.05, 0.1) is 50.1 Å². The number of hydrogen-bond donors (Lipinski definition) is 0. The van der Waals surface area contributed by atoms with Crippen molar-refractivity contribution in [1.82, 2.24) is 19.1 Å². The Morgan fingerprint density at radius 1 is 0.458 bits per heavy atom. The third-order valence-electron chi connectivity index (χ3n) is 11.6. The first kappa shape index (κ1) is 32.9. The maximum absolute atomic E-state index is 10.6. The summed E-state index contributed by atoms with van der Waals surface area (Å²) in [7, 11) is 0. The standard InChI is InChI=1S/C53H31N5O/c54-32-42-50(33-16-4-1-5-17-33)55-53(56-51(42)34-18-6-2-7-19-34)39-28-29-45(49-38-24-12-15-27-48(38)59-52(39)49)58-44-26-14-11-23-37(44)41-30-40-36-22-10-13-25-43(36)57(46(40)31-47(41)58)35-20-8-3-9-21-35/h1-31H. The number of para-hydroxylation sites is 4. The van der Waals surface area contributed by atoms with E-state index in [0.29, 0.717) is 28.4 Å². The molecule has 274 valence electrons. The third kappa shape index (κ3) is 4.92.